The molecule has 0 bridgehead atoms. The number of ether oxygens (including phenoxy) is 1. The molecule has 0 aliphatic carbocycles. The Morgan fingerprint density at radius 1 is 1.12 bits per heavy atom. The number of methoxy groups -OCH3 is 1. The van der Waals surface area contributed by atoms with E-state index in [0.29, 0.717) is 12.5 Å². The van der Waals surface area contributed by atoms with Crippen molar-refractivity contribution in [2.75, 3.05) is 31.2 Å². The number of rotatable bonds is 4. The van der Waals surface area contributed by atoms with E-state index < -0.39 is 0 Å². The van der Waals surface area contributed by atoms with Gasteiger partial charge in [-0.15, -0.1) is 0 Å². The van der Waals surface area contributed by atoms with Gasteiger partial charge in [0.15, 0.2) is 0 Å². The summed E-state index contributed by atoms with van der Waals surface area (Å²) in [5.41, 5.74) is 9.25. The van der Waals surface area contributed by atoms with Crippen LogP contribution in [0.4, 0.5) is 11.8 Å². The van der Waals surface area contributed by atoms with Gasteiger partial charge in [-0.05, 0) is 29.8 Å². The second-order valence-corrected chi connectivity index (χ2v) is 6.43. The number of benzene rings is 2. The predicted octanol–water partition coefficient (Wildman–Crippen LogP) is 2.52. The van der Waals surface area contributed by atoms with Crippen LogP contribution in [0.25, 0.3) is 10.8 Å². The van der Waals surface area contributed by atoms with Crippen LogP contribution in [0.1, 0.15) is 16.8 Å². The first-order valence-corrected chi connectivity index (χ1v) is 8.90. The summed E-state index contributed by atoms with van der Waals surface area (Å²) >= 11 is 0. The number of nitrogen functional groups attached to an aromatic ring is 1. The molecule has 26 heavy (non-hydrogen) atoms. The van der Waals surface area contributed by atoms with Gasteiger partial charge in [0.2, 0.25) is 5.95 Å². The van der Waals surface area contributed by atoms with Crippen LogP contribution in [0.15, 0.2) is 36.4 Å². The lowest BCUT2D eigenvalue weighted by Crippen LogP contribution is -2.16. The van der Waals surface area contributed by atoms with E-state index in [-0.39, 0.29) is 0 Å². The molecular weight excluding hydrogens is 326 g/mol. The maximum Gasteiger partial charge on any atom is 0.222 e. The van der Waals surface area contributed by atoms with E-state index in [1.165, 1.54) is 10.8 Å². The zero-order valence-corrected chi connectivity index (χ0v) is 14.9. The van der Waals surface area contributed by atoms with Gasteiger partial charge in [-0.25, -0.2) is 4.98 Å². The van der Waals surface area contributed by atoms with Crippen molar-refractivity contribution in [3.8, 4) is 5.75 Å². The Balaban J connectivity index is 1.70. The van der Waals surface area contributed by atoms with Crippen LogP contribution in [0, 0.1) is 0 Å². The van der Waals surface area contributed by atoms with Gasteiger partial charge in [0.25, 0.3) is 0 Å². The third-order valence-corrected chi connectivity index (χ3v) is 4.85. The molecule has 4 N–H and O–H groups in total. The number of aromatic nitrogens is 2. The van der Waals surface area contributed by atoms with Gasteiger partial charge in [0, 0.05) is 30.6 Å². The molecule has 1 aromatic heterocycles. The van der Waals surface area contributed by atoms with Gasteiger partial charge in [-0.1, -0.05) is 30.3 Å². The average Bonchev–Trinajstić information content (AvgIpc) is 2.91. The Labute approximate surface area is 152 Å². The number of hydrogen-bond donors (Lipinski definition) is 3. The van der Waals surface area contributed by atoms with Crippen molar-refractivity contribution in [2.45, 2.75) is 19.4 Å². The maximum absolute atomic E-state index is 5.94. The summed E-state index contributed by atoms with van der Waals surface area (Å²) in [5.74, 6) is 2.01. The minimum absolute atomic E-state index is 0.318. The van der Waals surface area contributed by atoms with Crippen LogP contribution in [-0.4, -0.2) is 30.2 Å². The van der Waals surface area contributed by atoms with Gasteiger partial charge in [0.05, 0.1) is 12.8 Å². The fourth-order valence-corrected chi connectivity index (χ4v) is 3.57. The van der Waals surface area contributed by atoms with Crippen LogP contribution in [0.3, 0.4) is 0 Å². The minimum Gasteiger partial charge on any atom is -0.496 e. The lowest BCUT2D eigenvalue weighted by molar-refractivity contribution is 0.411. The molecule has 0 saturated heterocycles. The fourth-order valence-electron chi connectivity index (χ4n) is 3.57. The summed E-state index contributed by atoms with van der Waals surface area (Å²) in [7, 11) is 1.70. The van der Waals surface area contributed by atoms with Gasteiger partial charge < -0.3 is 21.1 Å². The molecule has 0 spiro atoms. The smallest absolute Gasteiger partial charge is 0.222 e. The molecule has 2 heterocycles. The number of anilines is 2. The largest absolute Gasteiger partial charge is 0.496 e. The first-order valence-electron chi connectivity index (χ1n) is 8.90. The molecule has 0 unspecified atom stereocenters. The van der Waals surface area contributed by atoms with Crippen LogP contribution in [0.2, 0.25) is 0 Å². The van der Waals surface area contributed by atoms with Crippen molar-refractivity contribution in [1.29, 1.82) is 0 Å². The number of nitrogens with one attached hydrogen (secondary N) is 2. The maximum atomic E-state index is 5.94. The second-order valence-electron chi connectivity index (χ2n) is 6.43. The second kappa shape index (κ2) is 7.17. The summed E-state index contributed by atoms with van der Waals surface area (Å²) in [6, 6.07) is 12.4. The molecular formula is C20H23N5O. The Morgan fingerprint density at radius 3 is 2.85 bits per heavy atom. The zero-order chi connectivity index (χ0) is 17.9. The van der Waals surface area contributed by atoms with Gasteiger partial charge in [-0.3, -0.25) is 0 Å². The van der Waals surface area contributed by atoms with Crippen molar-refractivity contribution >= 4 is 22.5 Å². The normalized spacial score (nSPS) is 13.9. The van der Waals surface area contributed by atoms with E-state index in [1.807, 2.05) is 18.2 Å². The molecule has 1 aliphatic rings. The van der Waals surface area contributed by atoms with Crippen LogP contribution in [-0.2, 0) is 19.4 Å². The summed E-state index contributed by atoms with van der Waals surface area (Å²) < 4.78 is 5.59. The molecule has 6 nitrogen and oxygen atoms in total. The first-order chi connectivity index (χ1) is 12.8. The Morgan fingerprint density at radius 2 is 1.96 bits per heavy atom. The zero-order valence-electron chi connectivity index (χ0n) is 14.9. The van der Waals surface area contributed by atoms with Crippen LogP contribution in [0.5, 0.6) is 5.75 Å². The van der Waals surface area contributed by atoms with Gasteiger partial charge in [-0.2, -0.15) is 4.98 Å². The number of nitrogens with zero attached hydrogens (tertiary/aromatic N) is 2. The van der Waals surface area contributed by atoms with E-state index in [2.05, 4.69) is 38.8 Å². The highest BCUT2D eigenvalue weighted by Crippen LogP contribution is 2.29. The number of nitrogens with two attached hydrogens (primary N) is 1. The average molecular weight is 349 g/mol. The third kappa shape index (κ3) is 3.15. The molecule has 134 valence electrons. The van der Waals surface area contributed by atoms with E-state index in [1.54, 1.807) is 7.11 Å². The van der Waals surface area contributed by atoms with E-state index in [9.17, 15) is 0 Å². The number of fused-ring (bicyclic) bond motifs is 2. The summed E-state index contributed by atoms with van der Waals surface area (Å²) in [6.45, 7) is 2.45. The summed E-state index contributed by atoms with van der Waals surface area (Å²) in [5, 5.41) is 9.25. The van der Waals surface area contributed by atoms with Crippen LogP contribution >= 0.6 is 0 Å². The Kier molecular flexibility index (Phi) is 4.58. The molecule has 1 aliphatic heterocycles. The highest BCUT2D eigenvalue weighted by atomic mass is 16.5. The monoisotopic (exact) mass is 349 g/mol. The fraction of sp³-hybridized carbons (Fsp3) is 0.300. The molecule has 0 radical (unpaired) electrons. The van der Waals surface area contributed by atoms with Gasteiger partial charge in [0.1, 0.15) is 11.6 Å². The highest BCUT2D eigenvalue weighted by Gasteiger charge is 2.16. The molecule has 2 aromatic carbocycles. The van der Waals surface area contributed by atoms with E-state index in [4.69, 9.17) is 10.5 Å². The van der Waals surface area contributed by atoms with Crippen molar-refractivity contribution in [3.63, 3.8) is 0 Å². The summed E-state index contributed by atoms with van der Waals surface area (Å²) in [4.78, 5) is 8.90. The standard InChI is InChI=1S/C20H23N5O/c1-26-18-7-6-13-4-2-3-5-14(13)16(18)12-23-19-15-8-10-22-11-9-17(15)24-20(21)25-19/h2-7,22H,8-12H2,1H3,(H3,21,23,24,25). The lowest BCUT2D eigenvalue weighted by Gasteiger charge is -2.16. The van der Waals surface area contributed by atoms with Crippen molar-refractivity contribution < 1.29 is 4.74 Å². The molecule has 6 heteroatoms. The molecule has 0 fully saturated rings. The van der Waals surface area contributed by atoms with Crippen molar-refractivity contribution in [1.82, 2.24) is 15.3 Å². The highest BCUT2D eigenvalue weighted by molar-refractivity contribution is 5.88. The van der Waals surface area contributed by atoms with Crippen LogP contribution < -0.4 is 21.1 Å². The van der Waals surface area contributed by atoms with Crippen molar-refractivity contribution in [2.24, 2.45) is 0 Å². The molecule has 0 atom stereocenters. The Hall–Kier alpha value is -2.86. The van der Waals surface area contributed by atoms with Crippen molar-refractivity contribution in [3.05, 3.63) is 53.2 Å². The first kappa shape index (κ1) is 16.6. The van der Waals surface area contributed by atoms with E-state index in [0.717, 1.165) is 54.3 Å². The molecule has 4 rings (SSSR count). The Bertz CT molecular complexity index is 941. The SMILES string of the molecule is COc1ccc2ccccc2c1CNc1nc(N)nc2c1CCNCC2. The third-order valence-electron chi connectivity index (χ3n) is 4.85. The lowest BCUT2D eigenvalue weighted by atomic mass is 10.0. The van der Waals surface area contributed by atoms with Gasteiger partial charge >= 0.3 is 0 Å². The van der Waals surface area contributed by atoms with E-state index >= 15 is 0 Å². The predicted molar refractivity (Wildman–Crippen MR) is 105 cm³/mol. The molecule has 0 amide bonds. The topological polar surface area (TPSA) is 85.1 Å². The number of hydrogen-bond acceptors (Lipinski definition) is 6. The minimum atomic E-state index is 0.318. The quantitative estimate of drug-likeness (QED) is 0.671. The molecule has 0 saturated carbocycles. The molecule has 3 aromatic rings. The summed E-state index contributed by atoms with van der Waals surface area (Å²) in [6.07, 6.45) is 1.76.